The number of allylic oxidation sites excluding steroid dienone is 1. The van der Waals surface area contributed by atoms with Crippen LogP contribution in [0, 0.1) is 6.92 Å². The summed E-state index contributed by atoms with van der Waals surface area (Å²) >= 11 is 3.46. The third kappa shape index (κ3) is 2.26. The summed E-state index contributed by atoms with van der Waals surface area (Å²) in [6, 6.07) is 2.20. The predicted octanol–water partition coefficient (Wildman–Crippen LogP) is 4.29. The molecule has 0 aromatic carbocycles. The van der Waals surface area contributed by atoms with E-state index in [1.54, 1.807) is 23.1 Å². The van der Waals surface area contributed by atoms with E-state index in [0.29, 0.717) is 0 Å². The molecule has 0 spiro atoms. The summed E-state index contributed by atoms with van der Waals surface area (Å²) in [6.07, 6.45) is 2.12. The Kier molecular flexibility index (Phi) is 3.63. The molecule has 0 saturated heterocycles. The van der Waals surface area contributed by atoms with Gasteiger partial charge in [-0.3, -0.25) is 0 Å². The van der Waals surface area contributed by atoms with E-state index < -0.39 is 0 Å². The second kappa shape index (κ2) is 4.53. The molecule has 1 rings (SSSR count). The zero-order valence-corrected chi connectivity index (χ0v) is 8.97. The van der Waals surface area contributed by atoms with Crippen molar-refractivity contribution in [1.29, 1.82) is 0 Å². The van der Waals surface area contributed by atoms with Gasteiger partial charge in [-0.15, -0.1) is 11.3 Å². The van der Waals surface area contributed by atoms with Crippen LogP contribution in [0.2, 0.25) is 0 Å². The monoisotopic (exact) mass is 196 g/mol. The van der Waals surface area contributed by atoms with Crippen LogP contribution in [0.4, 0.5) is 0 Å². The van der Waals surface area contributed by atoms with Crippen molar-refractivity contribution in [2.24, 2.45) is 0 Å². The molecule has 0 saturated carbocycles. The lowest BCUT2D eigenvalue weighted by molar-refractivity contribution is 1.62. The number of aryl methyl sites for hydroxylation is 1. The normalized spacial score (nSPS) is 11.7. The molecule has 0 nitrogen and oxygen atoms in total. The SMILES string of the molecule is C=CS/C(=C\C)c1csc(C)c1. The zero-order valence-electron chi connectivity index (χ0n) is 7.33. The molecule has 0 unspecified atom stereocenters. The van der Waals surface area contributed by atoms with E-state index in [-0.39, 0.29) is 0 Å². The molecule has 0 radical (unpaired) electrons. The molecule has 1 aromatic rings. The molecule has 0 N–H and O–H groups in total. The summed E-state index contributed by atoms with van der Waals surface area (Å²) in [5.74, 6) is 0. The maximum atomic E-state index is 3.71. The van der Waals surface area contributed by atoms with Crippen LogP contribution in [0.5, 0.6) is 0 Å². The molecule has 0 fully saturated rings. The molecule has 0 amide bonds. The molecule has 0 aliphatic carbocycles. The summed E-state index contributed by atoms with van der Waals surface area (Å²) in [7, 11) is 0. The zero-order chi connectivity index (χ0) is 8.97. The Morgan fingerprint density at radius 2 is 2.42 bits per heavy atom. The number of thioether (sulfide) groups is 1. The summed E-state index contributed by atoms with van der Waals surface area (Å²) in [6.45, 7) is 7.89. The van der Waals surface area contributed by atoms with Crippen LogP contribution >= 0.6 is 23.1 Å². The van der Waals surface area contributed by atoms with Gasteiger partial charge in [0, 0.05) is 9.78 Å². The van der Waals surface area contributed by atoms with Crippen LogP contribution in [-0.2, 0) is 0 Å². The summed E-state index contributed by atoms with van der Waals surface area (Å²) in [5.41, 5.74) is 1.31. The van der Waals surface area contributed by atoms with Crippen molar-refractivity contribution < 1.29 is 0 Å². The van der Waals surface area contributed by atoms with Crippen molar-refractivity contribution in [3.8, 4) is 0 Å². The Balaban J connectivity index is 2.87. The van der Waals surface area contributed by atoms with Crippen LogP contribution in [0.3, 0.4) is 0 Å². The van der Waals surface area contributed by atoms with Crippen LogP contribution in [-0.4, -0.2) is 0 Å². The number of hydrogen-bond acceptors (Lipinski definition) is 2. The van der Waals surface area contributed by atoms with Crippen molar-refractivity contribution in [3.05, 3.63) is 40.0 Å². The molecule has 64 valence electrons. The Morgan fingerprint density at radius 3 is 2.83 bits per heavy atom. The minimum absolute atomic E-state index is 1.29. The molecule has 2 heteroatoms. The molecular weight excluding hydrogens is 184 g/mol. The fraction of sp³-hybridized carbons (Fsp3) is 0.200. The van der Waals surface area contributed by atoms with Gasteiger partial charge in [0.1, 0.15) is 0 Å². The van der Waals surface area contributed by atoms with E-state index in [0.717, 1.165) is 0 Å². The van der Waals surface area contributed by atoms with E-state index in [9.17, 15) is 0 Å². The van der Waals surface area contributed by atoms with Gasteiger partial charge in [0.2, 0.25) is 0 Å². The topological polar surface area (TPSA) is 0 Å². The second-order valence-corrected chi connectivity index (χ2v) is 4.51. The van der Waals surface area contributed by atoms with Gasteiger partial charge in [-0.2, -0.15) is 0 Å². The third-order valence-corrected chi connectivity index (χ3v) is 3.24. The Labute approximate surface area is 82.0 Å². The van der Waals surface area contributed by atoms with E-state index in [2.05, 4.69) is 37.9 Å². The van der Waals surface area contributed by atoms with Crippen molar-refractivity contribution in [2.45, 2.75) is 13.8 Å². The number of thiophene rings is 1. The van der Waals surface area contributed by atoms with Gasteiger partial charge >= 0.3 is 0 Å². The van der Waals surface area contributed by atoms with Gasteiger partial charge in [0.05, 0.1) is 0 Å². The fourth-order valence-corrected chi connectivity index (χ4v) is 2.31. The second-order valence-electron chi connectivity index (χ2n) is 2.38. The first-order chi connectivity index (χ1) is 5.77. The van der Waals surface area contributed by atoms with Crippen molar-refractivity contribution in [3.63, 3.8) is 0 Å². The van der Waals surface area contributed by atoms with E-state index in [4.69, 9.17) is 0 Å². The maximum Gasteiger partial charge on any atom is 0.0154 e. The smallest absolute Gasteiger partial charge is 0.0154 e. The number of rotatable bonds is 3. The van der Waals surface area contributed by atoms with Gasteiger partial charge in [-0.05, 0) is 36.3 Å². The van der Waals surface area contributed by atoms with Crippen molar-refractivity contribution in [1.82, 2.24) is 0 Å². The highest BCUT2D eigenvalue weighted by Crippen LogP contribution is 2.30. The highest BCUT2D eigenvalue weighted by Gasteiger charge is 2.00. The average Bonchev–Trinajstić information content (AvgIpc) is 2.47. The predicted molar refractivity (Wildman–Crippen MR) is 60.5 cm³/mol. The first-order valence-corrected chi connectivity index (χ1v) is 5.53. The Bertz CT molecular complexity index is 295. The minimum atomic E-state index is 1.29. The molecule has 0 bridgehead atoms. The van der Waals surface area contributed by atoms with Crippen LogP contribution in [0.25, 0.3) is 4.91 Å². The van der Waals surface area contributed by atoms with Crippen molar-refractivity contribution in [2.75, 3.05) is 0 Å². The maximum absolute atomic E-state index is 3.71. The Hall–Kier alpha value is -0.470. The van der Waals surface area contributed by atoms with Gasteiger partial charge in [0.15, 0.2) is 0 Å². The molecule has 0 atom stereocenters. The van der Waals surface area contributed by atoms with Gasteiger partial charge in [-0.25, -0.2) is 0 Å². The van der Waals surface area contributed by atoms with E-state index >= 15 is 0 Å². The van der Waals surface area contributed by atoms with Crippen LogP contribution in [0.15, 0.2) is 29.5 Å². The van der Waals surface area contributed by atoms with Gasteiger partial charge < -0.3 is 0 Å². The lowest BCUT2D eigenvalue weighted by atomic mass is 10.3. The summed E-state index contributed by atoms with van der Waals surface area (Å²) in [4.78, 5) is 2.64. The molecule has 1 heterocycles. The van der Waals surface area contributed by atoms with Crippen LogP contribution in [0.1, 0.15) is 17.4 Å². The lowest BCUT2D eigenvalue weighted by Gasteiger charge is -1.97. The first-order valence-electron chi connectivity index (χ1n) is 3.77. The molecule has 0 aliphatic heterocycles. The minimum Gasteiger partial charge on any atom is -0.149 e. The standard InChI is InChI=1S/C10H12S2/c1-4-10(11-5-2)9-6-8(3)12-7-9/h4-7H,2H2,1,3H3/b10-4-. The van der Waals surface area contributed by atoms with Gasteiger partial charge in [0.25, 0.3) is 0 Å². The third-order valence-electron chi connectivity index (χ3n) is 1.49. The molecular formula is C10H12S2. The van der Waals surface area contributed by atoms with E-state index in [1.807, 2.05) is 5.41 Å². The van der Waals surface area contributed by atoms with Crippen molar-refractivity contribution >= 4 is 28.0 Å². The molecule has 12 heavy (non-hydrogen) atoms. The highest BCUT2D eigenvalue weighted by atomic mass is 32.2. The molecule has 0 aliphatic rings. The average molecular weight is 196 g/mol. The molecule has 1 aromatic heterocycles. The Morgan fingerprint density at radius 1 is 1.67 bits per heavy atom. The number of hydrogen-bond donors (Lipinski definition) is 0. The van der Waals surface area contributed by atoms with E-state index in [1.165, 1.54) is 15.3 Å². The fourth-order valence-electron chi connectivity index (χ4n) is 0.965. The summed E-state index contributed by atoms with van der Waals surface area (Å²) in [5, 5.41) is 4.05. The lowest BCUT2D eigenvalue weighted by Crippen LogP contribution is -1.71. The van der Waals surface area contributed by atoms with Crippen LogP contribution < -0.4 is 0 Å². The largest absolute Gasteiger partial charge is 0.149 e. The summed E-state index contributed by atoms with van der Waals surface area (Å²) < 4.78 is 0. The van der Waals surface area contributed by atoms with Gasteiger partial charge in [-0.1, -0.05) is 24.4 Å². The quantitative estimate of drug-likeness (QED) is 0.694. The highest BCUT2D eigenvalue weighted by molar-refractivity contribution is 8.10. The first kappa shape index (κ1) is 9.62.